The van der Waals surface area contributed by atoms with E-state index in [4.69, 9.17) is 4.74 Å². The van der Waals surface area contributed by atoms with Crippen LogP contribution in [0, 0.1) is 23.2 Å². The highest BCUT2D eigenvalue weighted by molar-refractivity contribution is 5.46. The summed E-state index contributed by atoms with van der Waals surface area (Å²) >= 11 is 0. The van der Waals surface area contributed by atoms with Crippen LogP contribution < -0.4 is 4.74 Å². The predicted molar refractivity (Wildman–Crippen MR) is 116 cm³/mol. The molecule has 0 aromatic heterocycles. The van der Waals surface area contributed by atoms with Gasteiger partial charge >= 0.3 is 0 Å². The van der Waals surface area contributed by atoms with Crippen molar-refractivity contribution in [2.24, 2.45) is 23.2 Å². The zero-order valence-electron chi connectivity index (χ0n) is 18.3. The van der Waals surface area contributed by atoms with Crippen molar-refractivity contribution in [1.29, 1.82) is 0 Å². The summed E-state index contributed by atoms with van der Waals surface area (Å²) in [5, 5.41) is 9.54. The fourth-order valence-corrected chi connectivity index (χ4v) is 7.12. The van der Waals surface area contributed by atoms with Gasteiger partial charge in [0.25, 0.3) is 0 Å². The molecular weight excluding hydrogens is 344 g/mol. The van der Waals surface area contributed by atoms with E-state index in [-0.39, 0.29) is 0 Å². The average molecular weight is 385 g/mol. The molecule has 0 spiro atoms. The summed E-state index contributed by atoms with van der Waals surface area (Å²) in [6.07, 6.45) is 12.4. The second-order valence-electron chi connectivity index (χ2n) is 9.96. The van der Waals surface area contributed by atoms with Crippen LogP contribution in [0.4, 0.5) is 0 Å². The molecule has 4 rings (SSSR count). The van der Waals surface area contributed by atoms with Crippen molar-refractivity contribution in [3.8, 4) is 5.75 Å². The Bertz CT molecular complexity index is 681. The molecule has 5 atom stereocenters. The summed E-state index contributed by atoms with van der Waals surface area (Å²) in [4.78, 5) is 0. The lowest BCUT2D eigenvalue weighted by Crippen LogP contribution is -2.42. The molecular formula is C26H40O2. The average Bonchev–Trinajstić information content (AvgIpc) is 3.04. The van der Waals surface area contributed by atoms with Gasteiger partial charge in [0.1, 0.15) is 5.75 Å². The number of hydrogen-bond acceptors (Lipinski definition) is 2. The van der Waals surface area contributed by atoms with Crippen molar-refractivity contribution in [3.63, 3.8) is 0 Å². The molecule has 1 aromatic carbocycles. The van der Waals surface area contributed by atoms with E-state index in [1.165, 1.54) is 50.5 Å². The molecule has 0 radical (unpaired) electrons. The van der Waals surface area contributed by atoms with Crippen LogP contribution in [0.25, 0.3) is 0 Å². The molecule has 3 aliphatic carbocycles. The number of ether oxygens (including phenoxy) is 1. The fraction of sp³-hybridized carbons (Fsp3) is 0.769. The molecule has 156 valence electrons. The van der Waals surface area contributed by atoms with Gasteiger partial charge < -0.3 is 9.84 Å². The number of rotatable bonds is 7. The summed E-state index contributed by atoms with van der Waals surface area (Å²) < 4.78 is 6.17. The Morgan fingerprint density at radius 1 is 1.14 bits per heavy atom. The molecule has 0 bridgehead atoms. The SMILES string of the molecule is CCCCOc1cc2c(cc1CC)C1CC[C@@]3(C)C(CC[C@@H]3CCO)C1CC2. The van der Waals surface area contributed by atoms with Gasteiger partial charge in [-0.2, -0.15) is 0 Å². The number of fused-ring (bicyclic) bond motifs is 5. The normalized spacial score (nSPS) is 33.9. The Hall–Kier alpha value is -1.02. The van der Waals surface area contributed by atoms with Crippen LogP contribution >= 0.6 is 0 Å². The number of aliphatic hydroxyl groups excluding tert-OH is 1. The van der Waals surface area contributed by atoms with Crippen molar-refractivity contribution in [2.45, 2.75) is 90.9 Å². The van der Waals surface area contributed by atoms with Crippen LogP contribution in [-0.4, -0.2) is 18.3 Å². The van der Waals surface area contributed by atoms with Crippen LogP contribution in [0.2, 0.25) is 0 Å². The molecule has 0 saturated heterocycles. The second kappa shape index (κ2) is 8.38. The smallest absolute Gasteiger partial charge is 0.122 e. The van der Waals surface area contributed by atoms with Crippen molar-refractivity contribution in [1.82, 2.24) is 0 Å². The van der Waals surface area contributed by atoms with E-state index in [0.717, 1.165) is 55.3 Å². The van der Waals surface area contributed by atoms with Gasteiger partial charge in [-0.3, -0.25) is 0 Å². The van der Waals surface area contributed by atoms with Gasteiger partial charge in [0, 0.05) is 6.61 Å². The minimum atomic E-state index is 0.366. The van der Waals surface area contributed by atoms with Gasteiger partial charge in [-0.15, -0.1) is 0 Å². The van der Waals surface area contributed by atoms with Crippen molar-refractivity contribution >= 4 is 0 Å². The summed E-state index contributed by atoms with van der Waals surface area (Å²) in [6.45, 7) is 8.26. The Morgan fingerprint density at radius 3 is 2.75 bits per heavy atom. The van der Waals surface area contributed by atoms with E-state index < -0.39 is 0 Å². The Balaban J connectivity index is 1.59. The molecule has 28 heavy (non-hydrogen) atoms. The lowest BCUT2D eigenvalue weighted by molar-refractivity contribution is 0.0209. The number of benzene rings is 1. The topological polar surface area (TPSA) is 29.5 Å². The van der Waals surface area contributed by atoms with Crippen LogP contribution in [0.15, 0.2) is 12.1 Å². The van der Waals surface area contributed by atoms with Crippen LogP contribution in [0.1, 0.15) is 94.7 Å². The summed E-state index contributed by atoms with van der Waals surface area (Å²) in [5.74, 6) is 4.36. The first-order valence-corrected chi connectivity index (χ1v) is 12.0. The molecule has 1 N–H and O–H groups in total. The van der Waals surface area contributed by atoms with Gasteiger partial charge in [-0.05, 0) is 110 Å². The van der Waals surface area contributed by atoms with E-state index in [2.05, 4.69) is 32.9 Å². The highest BCUT2D eigenvalue weighted by Gasteiger charge is 2.54. The first-order chi connectivity index (χ1) is 13.6. The zero-order chi connectivity index (χ0) is 19.7. The van der Waals surface area contributed by atoms with Crippen molar-refractivity contribution in [3.05, 3.63) is 28.8 Å². The molecule has 3 unspecified atom stereocenters. The maximum atomic E-state index is 9.54. The quantitative estimate of drug-likeness (QED) is 0.560. The molecule has 2 heteroatoms. The first-order valence-electron chi connectivity index (χ1n) is 12.0. The summed E-state index contributed by atoms with van der Waals surface area (Å²) in [6, 6.07) is 4.92. The van der Waals surface area contributed by atoms with Gasteiger partial charge in [-0.25, -0.2) is 0 Å². The van der Waals surface area contributed by atoms with Crippen LogP contribution in [0.5, 0.6) is 5.75 Å². The molecule has 0 aliphatic heterocycles. The molecule has 3 aliphatic rings. The Kier molecular flexibility index (Phi) is 6.06. The molecule has 2 saturated carbocycles. The summed E-state index contributed by atoms with van der Waals surface area (Å²) in [5.41, 5.74) is 5.11. The highest BCUT2D eigenvalue weighted by atomic mass is 16.5. The minimum Gasteiger partial charge on any atom is -0.493 e. The minimum absolute atomic E-state index is 0.366. The largest absolute Gasteiger partial charge is 0.493 e. The Labute approximate surface area is 172 Å². The number of unbranched alkanes of at least 4 members (excludes halogenated alkanes) is 1. The fourth-order valence-electron chi connectivity index (χ4n) is 7.12. The lowest BCUT2D eigenvalue weighted by atomic mass is 9.54. The summed E-state index contributed by atoms with van der Waals surface area (Å²) in [7, 11) is 0. The third kappa shape index (κ3) is 3.40. The third-order valence-corrected chi connectivity index (χ3v) is 8.72. The number of aliphatic hydroxyl groups is 1. The lowest BCUT2D eigenvalue weighted by Gasteiger charge is -2.51. The van der Waals surface area contributed by atoms with E-state index in [9.17, 15) is 5.11 Å². The van der Waals surface area contributed by atoms with E-state index in [1.54, 1.807) is 11.1 Å². The first kappa shape index (κ1) is 20.3. The molecule has 1 aromatic rings. The van der Waals surface area contributed by atoms with Crippen LogP contribution in [0.3, 0.4) is 0 Å². The van der Waals surface area contributed by atoms with E-state index in [1.807, 2.05) is 0 Å². The number of aryl methyl sites for hydroxylation is 2. The van der Waals surface area contributed by atoms with Gasteiger partial charge in [0.05, 0.1) is 6.61 Å². The Morgan fingerprint density at radius 2 is 2.00 bits per heavy atom. The molecule has 2 fully saturated rings. The second-order valence-corrected chi connectivity index (χ2v) is 9.96. The maximum absolute atomic E-state index is 9.54. The maximum Gasteiger partial charge on any atom is 0.122 e. The van der Waals surface area contributed by atoms with Crippen molar-refractivity contribution < 1.29 is 9.84 Å². The van der Waals surface area contributed by atoms with Gasteiger partial charge in [0.2, 0.25) is 0 Å². The molecule has 2 nitrogen and oxygen atoms in total. The monoisotopic (exact) mass is 384 g/mol. The predicted octanol–water partition coefficient (Wildman–Crippen LogP) is 6.28. The van der Waals surface area contributed by atoms with Gasteiger partial charge in [-0.1, -0.05) is 33.3 Å². The highest BCUT2D eigenvalue weighted by Crippen LogP contribution is 2.63. The standard InChI is InChI=1S/C26H40O2/c1-4-6-15-28-25-17-19-7-9-22-21(23(19)16-18(25)5-2)11-13-26(3)20(12-14-27)8-10-24(22)26/h16-17,20-22,24,27H,4-15H2,1-3H3/t20-,21?,22?,24?,26-/m1/s1. The third-order valence-electron chi connectivity index (χ3n) is 8.72. The molecule has 0 amide bonds. The van der Waals surface area contributed by atoms with E-state index in [0.29, 0.717) is 12.0 Å². The zero-order valence-corrected chi connectivity index (χ0v) is 18.3. The van der Waals surface area contributed by atoms with Gasteiger partial charge in [0.15, 0.2) is 0 Å². The van der Waals surface area contributed by atoms with Crippen LogP contribution in [-0.2, 0) is 12.8 Å². The van der Waals surface area contributed by atoms with E-state index >= 15 is 0 Å². The van der Waals surface area contributed by atoms with Crippen molar-refractivity contribution in [2.75, 3.05) is 13.2 Å². The number of hydrogen-bond donors (Lipinski definition) is 1. The molecule has 0 heterocycles.